The van der Waals surface area contributed by atoms with Crippen LogP contribution in [-0.2, 0) is 20.9 Å². The summed E-state index contributed by atoms with van der Waals surface area (Å²) >= 11 is 5.73. The van der Waals surface area contributed by atoms with E-state index in [9.17, 15) is 15.0 Å². The van der Waals surface area contributed by atoms with Crippen molar-refractivity contribution in [1.82, 2.24) is 25.5 Å². The van der Waals surface area contributed by atoms with Crippen LogP contribution >= 0.6 is 12.2 Å². The van der Waals surface area contributed by atoms with Crippen LogP contribution in [0.25, 0.3) is 0 Å². The molecule has 4 aliphatic carbocycles. The Morgan fingerprint density at radius 3 is 2.46 bits per heavy atom. The number of nitrogens with zero attached hydrogens (tertiary/aromatic N) is 4. The minimum atomic E-state index is -1.08. The number of thiocarbonyl (C=S) groups is 1. The summed E-state index contributed by atoms with van der Waals surface area (Å²) in [5, 5.41) is 31.1. The van der Waals surface area contributed by atoms with Crippen LogP contribution in [0.1, 0.15) is 52.5 Å². The molecular weight excluding hydrogens is 629 g/mol. The van der Waals surface area contributed by atoms with Gasteiger partial charge in [0.25, 0.3) is 0 Å². The fourth-order valence-electron chi connectivity index (χ4n) is 9.88. The monoisotopic (exact) mass is 684 g/mol. The average Bonchev–Trinajstić information content (AvgIpc) is 3.50. The van der Waals surface area contributed by atoms with Crippen LogP contribution in [0, 0.1) is 28.6 Å². The van der Waals surface area contributed by atoms with Crippen LogP contribution < -0.4 is 15.5 Å². The number of fused-ring (bicyclic) bond motifs is 2. The summed E-state index contributed by atoms with van der Waals surface area (Å²) in [7, 11) is 0. The van der Waals surface area contributed by atoms with E-state index in [4.69, 9.17) is 21.8 Å². The number of amides is 1. The highest BCUT2D eigenvalue weighted by Gasteiger charge is 2.78. The molecule has 3 aliphatic heterocycles. The van der Waals surface area contributed by atoms with Crippen molar-refractivity contribution >= 4 is 28.9 Å². The Balaban J connectivity index is 0.980. The Hall–Kier alpha value is -2.06. The normalized spacial score (nSPS) is 37.7. The van der Waals surface area contributed by atoms with Gasteiger partial charge in [0.2, 0.25) is 5.91 Å². The molecule has 11 nitrogen and oxygen atoms in total. The van der Waals surface area contributed by atoms with Crippen LogP contribution in [-0.4, -0.2) is 132 Å². The topological polar surface area (TPSA) is 113 Å². The first-order valence-electron chi connectivity index (χ1n) is 18.2. The number of carbonyl (C=O) groups excluding carboxylic acids is 1. The molecule has 1 amide bonds. The lowest BCUT2D eigenvalue weighted by molar-refractivity contribution is -0.183. The van der Waals surface area contributed by atoms with Gasteiger partial charge in [-0.1, -0.05) is 32.9 Å². The minimum Gasteiger partial charge on any atom is -0.394 e. The molecular formula is C36H56N6O5S. The predicted octanol–water partition coefficient (Wildman–Crippen LogP) is 1.82. The zero-order valence-corrected chi connectivity index (χ0v) is 30.0. The highest BCUT2D eigenvalue weighted by atomic mass is 32.1. The van der Waals surface area contributed by atoms with Crippen molar-refractivity contribution in [2.75, 3.05) is 77.1 Å². The first kappa shape index (κ1) is 34.4. The van der Waals surface area contributed by atoms with E-state index < -0.39 is 23.2 Å². The second-order valence-electron chi connectivity index (χ2n) is 16.1. The maximum Gasteiger partial charge on any atom is 0.240 e. The van der Waals surface area contributed by atoms with E-state index in [1.807, 2.05) is 0 Å². The number of ether oxygens (including phenoxy) is 1. The summed E-state index contributed by atoms with van der Waals surface area (Å²) in [6.07, 6.45) is 2.02. The number of hydrogen-bond donors (Lipinski definition) is 4. The zero-order valence-electron chi connectivity index (χ0n) is 29.2. The third-order valence-corrected chi connectivity index (χ3v) is 13.6. The molecule has 266 valence electrons. The van der Waals surface area contributed by atoms with Crippen molar-refractivity contribution < 1.29 is 24.6 Å². The molecule has 3 saturated heterocycles. The van der Waals surface area contributed by atoms with Gasteiger partial charge < -0.3 is 35.4 Å². The maximum absolute atomic E-state index is 14.2. The van der Waals surface area contributed by atoms with E-state index in [1.165, 1.54) is 6.42 Å². The molecule has 2 unspecified atom stereocenters. The molecule has 1 spiro atoms. The average molecular weight is 685 g/mol. The third-order valence-electron chi connectivity index (χ3n) is 13.2. The molecule has 2 bridgehead atoms. The van der Waals surface area contributed by atoms with Gasteiger partial charge in [0.05, 0.1) is 37.4 Å². The SMILES string of the molecule is C[C@@H]1[C@@H](NC(=O)C2N(Cc3cccc(N4CCN(C(=S)NCCN5CCOCC5)CC4)c3)O[C@@H](CO)[C@]23CC3(C)O)C[C@H]2C[C@@H]1C2(C)C. The number of carbonyl (C=O) groups is 1. The molecule has 0 aromatic heterocycles. The van der Waals surface area contributed by atoms with E-state index in [2.05, 4.69) is 70.4 Å². The number of aliphatic hydroxyl groups excluding tert-OH is 1. The van der Waals surface area contributed by atoms with Gasteiger partial charge >= 0.3 is 0 Å². The van der Waals surface area contributed by atoms with Gasteiger partial charge in [-0.05, 0) is 79.3 Å². The van der Waals surface area contributed by atoms with Crippen molar-refractivity contribution in [1.29, 1.82) is 0 Å². The second kappa shape index (κ2) is 13.2. The molecule has 7 aliphatic rings. The van der Waals surface area contributed by atoms with Gasteiger partial charge in [-0.25, -0.2) is 0 Å². The van der Waals surface area contributed by atoms with Crippen molar-refractivity contribution in [3.05, 3.63) is 29.8 Å². The maximum atomic E-state index is 14.2. The molecule has 1 aromatic rings. The Kier molecular flexibility index (Phi) is 9.49. The Morgan fingerprint density at radius 2 is 1.81 bits per heavy atom. The first-order valence-corrected chi connectivity index (χ1v) is 18.6. The fourth-order valence-corrected chi connectivity index (χ4v) is 10.2. The first-order chi connectivity index (χ1) is 22.9. The molecule has 8 rings (SSSR count). The summed E-state index contributed by atoms with van der Waals surface area (Å²) in [5.74, 6) is 1.53. The van der Waals surface area contributed by atoms with Crippen LogP contribution in [0.5, 0.6) is 0 Å². The highest BCUT2D eigenvalue weighted by Crippen LogP contribution is 2.66. The fraction of sp³-hybridized carbons (Fsp3) is 0.778. The van der Waals surface area contributed by atoms with Gasteiger partial charge in [-0.15, -0.1) is 0 Å². The summed E-state index contributed by atoms with van der Waals surface area (Å²) < 4.78 is 5.44. The van der Waals surface area contributed by atoms with Gasteiger partial charge in [-0.2, -0.15) is 5.06 Å². The predicted molar refractivity (Wildman–Crippen MR) is 188 cm³/mol. The third kappa shape index (κ3) is 6.13. The molecule has 8 atom stereocenters. The lowest BCUT2D eigenvalue weighted by atomic mass is 9.45. The van der Waals surface area contributed by atoms with Crippen LogP contribution in [0.15, 0.2) is 24.3 Å². The molecule has 48 heavy (non-hydrogen) atoms. The van der Waals surface area contributed by atoms with Crippen LogP contribution in [0.4, 0.5) is 5.69 Å². The zero-order chi connectivity index (χ0) is 33.8. The van der Waals surface area contributed by atoms with Gasteiger partial charge in [0.15, 0.2) is 5.11 Å². The van der Waals surface area contributed by atoms with Crippen LogP contribution in [0.2, 0.25) is 0 Å². The van der Waals surface area contributed by atoms with Gasteiger partial charge in [-0.3, -0.25) is 14.5 Å². The Bertz CT molecular complexity index is 1350. The van der Waals surface area contributed by atoms with E-state index in [-0.39, 0.29) is 18.6 Å². The number of hydrogen-bond acceptors (Lipinski definition) is 9. The molecule has 0 radical (unpaired) electrons. The van der Waals surface area contributed by atoms with Gasteiger partial charge in [0, 0.05) is 64.1 Å². The van der Waals surface area contributed by atoms with Crippen LogP contribution in [0.3, 0.4) is 0 Å². The lowest BCUT2D eigenvalue weighted by Gasteiger charge is -2.62. The van der Waals surface area contributed by atoms with Crippen molar-refractivity contribution in [2.24, 2.45) is 28.6 Å². The smallest absolute Gasteiger partial charge is 0.240 e. The van der Waals surface area contributed by atoms with Crippen molar-refractivity contribution in [2.45, 2.75) is 77.3 Å². The number of benzene rings is 1. The Morgan fingerprint density at radius 1 is 1.08 bits per heavy atom. The number of aliphatic hydroxyl groups is 2. The largest absolute Gasteiger partial charge is 0.394 e. The molecule has 3 heterocycles. The van der Waals surface area contributed by atoms with E-state index in [1.54, 1.807) is 12.0 Å². The summed E-state index contributed by atoms with van der Waals surface area (Å²) in [4.78, 5) is 27.6. The summed E-state index contributed by atoms with van der Waals surface area (Å²) in [5.41, 5.74) is 0.558. The Labute approximate surface area is 291 Å². The lowest BCUT2D eigenvalue weighted by Crippen LogP contribution is -2.62. The number of morpholine rings is 1. The summed E-state index contributed by atoms with van der Waals surface area (Å²) in [6.45, 7) is 17.7. The number of hydroxylamine groups is 2. The molecule has 12 heteroatoms. The number of anilines is 1. The standard InChI is InChI=1S/C36H56N6O5S/c1-24-28-19-26(34(28,2)3)20-29(24)38-32(44)31-36(23-35(36,4)45)30(22-43)47-42(31)21-25-6-5-7-27(18-25)40-10-12-41(13-11-40)33(48)37-8-9-39-14-16-46-17-15-39/h5-7,18,24,26,28-31,43,45H,8-17,19-23H2,1-4H3,(H,37,48)(H,38,44)/t24-,26+,28-,29-,30-,31?,35?,36+/m0/s1. The second-order valence-corrected chi connectivity index (χ2v) is 16.5. The number of rotatable bonds is 9. The minimum absolute atomic E-state index is 0.0959. The summed E-state index contributed by atoms with van der Waals surface area (Å²) in [6, 6.07) is 7.86. The van der Waals surface area contributed by atoms with Gasteiger partial charge in [0.1, 0.15) is 12.1 Å². The van der Waals surface area contributed by atoms with E-state index in [0.29, 0.717) is 36.1 Å². The molecule has 4 saturated carbocycles. The van der Waals surface area contributed by atoms with E-state index in [0.717, 1.165) is 88.4 Å². The van der Waals surface area contributed by atoms with Crippen molar-refractivity contribution in [3.8, 4) is 0 Å². The highest BCUT2D eigenvalue weighted by molar-refractivity contribution is 7.80. The molecule has 4 N–H and O–H groups in total. The number of piperazine rings is 1. The number of nitrogens with one attached hydrogen (secondary N) is 2. The quantitative estimate of drug-likeness (QED) is 0.286. The molecule has 7 fully saturated rings. The van der Waals surface area contributed by atoms with E-state index >= 15 is 0 Å². The molecule has 1 aromatic carbocycles. The van der Waals surface area contributed by atoms with Crippen molar-refractivity contribution in [3.63, 3.8) is 0 Å².